The molecule has 2 heterocycles. The highest BCUT2D eigenvalue weighted by atomic mass is 16.5. The van der Waals surface area contributed by atoms with Crippen LogP contribution in [0.5, 0.6) is 0 Å². The first-order chi connectivity index (χ1) is 12.6. The van der Waals surface area contributed by atoms with Crippen LogP contribution < -0.4 is 5.32 Å². The number of rotatable bonds is 5. The molecule has 1 aliphatic rings. The zero-order chi connectivity index (χ0) is 18.5. The summed E-state index contributed by atoms with van der Waals surface area (Å²) in [5.41, 5.74) is 3.50. The van der Waals surface area contributed by atoms with E-state index >= 15 is 0 Å². The van der Waals surface area contributed by atoms with Gasteiger partial charge >= 0.3 is 0 Å². The first-order valence-electron chi connectivity index (χ1n) is 8.62. The second kappa shape index (κ2) is 8.05. The van der Waals surface area contributed by atoms with Crippen molar-refractivity contribution in [3.8, 4) is 0 Å². The van der Waals surface area contributed by atoms with Gasteiger partial charge in [0.2, 0.25) is 11.9 Å². The van der Waals surface area contributed by atoms with Gasteiger partial charge in [0.05, 0.1) is 5.69 Å². The second-order valence-corrected chi connectivity index (χ2v) is 6.17. The minimum Gasteiger partial charge on any atom is -0.375 e. The molecule has 1 N–H and O–H groups in total. The zero-order valence-electron chi connectivity index (χ0n) is 15.0. The van der Waals surface area contributed by atoms with E-state index in [1.54, 1.807) is 23.2 Å². The van der Waals surface area contributed by atoms with Crippen LogP contribution in [-0.4, -0.2) is 46.9 Å². The Hall–Kier alpha value is -2.80. The smallest absolute Gasteiger partial charge is 0.258 e. The van der Waals surface area contributed by atoms with Crippen molar-refractivity contribution in [2.24, 2.45) is 0 Å². The Labute approximate surface area is 152 Å². The summed E-state index contributed by atoms with van der Waals surface area (Å²) < 4.78 is 4.89. The predicted molar refractivity (Wildman–Crippen MR) is 96.8 cm³/mol. The molecule has 0 saturated carbocycles. The molecule has 0 spiro atoms. The van der Waals surface area contributed by atoms with Crippen molar-refractivity contribution in [3.05, 3.63) is 52.8 Å². The van der Waals surface area contributed by atoms with Gasteiger partial charge < -0.3 is 9.64 Å². The van der Waals surface area contributed by atoms with Crippen molar-refractivity contribution in [2.75, 3.05) is 25.6 Å². The number of carbonyl (C=O) groups excluding carboxylic acids is 2. The number of ether oxygens (including phenoxy) is 1. The Kier molecular flexibility index (Phi) is 5.58. The Bertz CT molecular complexity index is 805. The van der Waals surface area contributed by atoms with Crippen molar-refractivity contribution in [3.63, 3.8) is 0 Å². The largest absolute Gasteiger partial charge is 0.375 e. The molecule has 2 amide bonds. The van der Waals surface area contributed by atoms with Gasteiger partial charge in [-0.15, -0.1) is 0 Å². The maximum absolute atomic E-state index is 12.3. The number of fused-ring (bicyclic) bond motifs is 1. The van der Waals surface area contributed by atoms with Crippen LogP contribution in [0, 0.1) is 0 Å². The second-order valence-electron chi connectivity index (χ2n) is 6.17. The Morgan fingerprint density at radius 2 is 2.04 bits per heavy atom. The van der Waals surface area contributed by atoms with E-state index in [1.165, 1.54) is 12.7 Å². The van der Waals surface area contributed by atoms with E-state index in [9.17, 15) is 9.59 Å². The molecule has 1 aromatic heterocycles. The summed E-state index contributed by atoms with van der Waals surface area (Å²) in [6.07, 6.45) is 3.23. The van der Waals surface area contributed by atoms with Crippen molar-refractivity contribution >= 4 is 17.8 Å². The van der Waals surface area contributed by atoms with Crippen molar-refractivity contribution < 1.29 is 14.3 Å². The van der Waals surface area contributed by atoms with E-state index < -0.39 is 0 Å². The number of hydrogen-bond acceptors (Lipinski definition) is 5. The molecule has 0 aliphatic carbocycles. The van der Waals surface area contributed by atoms with Gasteiger partial charge in [0.25, 0.3) is 5.91 Å². The summed E-state index contributed by atoms with van der Waals surface area (Å²) in [5, 5.41) is 2.74. The highest BCUT2D eigenvalue weighted by Gasteiger charge is 2.22. The van der Waals surface area contributed by atoms with Gasteiger partial charge in [0, 0.05) is 43.9 Å². The first kappa shape index (κ1) is 18.0. The molecule has 0 fully saturated rings. The van der Waals surface area contributed by atoms with Crippen molar-refractivity contribution in [1.29, 1.82) is 0 Å². The lowest BCUT2D eigenvalue weighted by Crippen LogP contribution is -2.38. The fourth-order valence-electron chi connectivity index (χ4n) is 2.87. The van der Waals surface area contributed by atoms with Gasteiger partial charge in [-0.2, -0.15) is 0 Å². The SMILES string of the molecule is CCc1ccc(C(=O)Nc2ncc3c(n2)CCN(C(=O)COC)C3)cc1. The monoisotopic (exact) mass is 354 g/mol. The van der Waals surface area contributed by atoms with E-state index in [0.29, 0.717) is 25.1 Å². The summed E-state index contributed by atoms with van der Waals surface area (Å²) in [7, 11) is 1.50. The van der Waals surface area contributed by atoms with E-state index in [2.05, 4.69) is 22.2 Å². The molecule has 26 heavy (non-hydrogen) atoms. The fraction of sp³-hybridized carbons (Fsp3) is 0.368. The van der Waals surface area contributed by atoms with Gasteiger partial charge in [-0.25, -0.2) is 9.97 Å². The van der Waals surface area contributed by atoms with Gasteiger partial charge in [-0.05, 0) is 24.1 Å². The van der Waals surface area contributed by atoms with Crippen LogP contribution in [-0.2, 0) is 28.9 Å². The number of aromatic nitrogens is 2. The molecular formula is C19H22N4O3. The summed E-state index contributed by atoms with van der Waals surface area (Å²) >= 11 is 0. The molecule has 7 nitrogen and oxygen atoms in total. The summed E-state index contributed by atoms with van der Waals surface area (Å²) in [6, 6.07) is 7.47. The molecule has 2 aromatic rings. The van der Waals surface area contributed by atoms with Gasteiger partial charge in [0.15, 0.2) is 0 Å². The highest BCUT2D eigenvalue weighted by Crippen LogP contribution is 2.18. The summed E-state index contributed by atoms with van der Waals surface area (Å²) in [6.45, 7) is 3.18. The lowest BCUT2D eigenvalue weighted by molar-refractivity contribution is -0.136. The van der Waals surface area contributed by atoms with Crippen LogP contribution in [0.25, 0.3) is 0 Å². The normalized spacial score (nSPS) is 13.2. The topological polar surface area (TPSA) is 84.4 Å². The third-order valence-corrected chi connectivity index (χ3v) is 4.40. The number of hydrogen-bond donors (Lipinski definition) is 1. The number of methoxy groups -OCH3 is 1. The molecule has 0 atom stereocenters. The average molecular weight is 354 g/mol. The van der Waals surface area contributed by atoms with Crippen LogP contribution in [0.4, 0.5) is 5.95 Å². The van der Waals surface area contributed by atoms with Crippen LogP contribution in [0.15, 0.2) is 30.5 Å². The number of nitrogens with one attached hydrogen (secondary N) is 1. The average Bonchev–Trinajstić information content (AvgIpc) is 2.67. The van der Waals surface area contributed by atoms with Crippen LogP contribution >= 0.6 is 0 Å². The number of aryl methyl sites for hydroxylation is 1. The number of amides is 2. The van der Waals surface area contributed by atoms with E-state index in [-0.39, 0.29) is 24.4 Å². The third kappa shape index (κ3) is 4.05. The van der Waals surface area contributed by atoms with Crippen LogP contribution in [0.1, 0.15) is 34.1 Å². The van der Waals surface area contributed by atoms with E-state index in [0.717, 1.165) is 17.7 Å². The minimum absolute atomic E-state index is 0.0499. The first-order valence-corrected chi connectivity index (χ1v) is 8.62. The molecule has 1 aromatic carbocycles. The lowest BCUT2D eigenvalue weighted by atomic mass is 10.1. The number of benzene rings is 1. The number of anilines is 1. The summed E-state index contributed by atoms with van der Waals surface area (Å²) in [4.78, 5) is 34.6. The maximum atomic E-state index is 12.3. The third-order valence-electron chi connectivity index (χ3n) is 4.40. The Morgan fingerprint density at radius 1 is 1.27 bits per heavy atom. The maximum Gasteiger partial charge on any atom is 0.258 e. The van der Waals surface area contributed by atoms with E-state index in [4.69, 9.17) is 4.74 Å². The standard InChI is InChI=1S/C19H22N4O3/c1-3-13-4-6-14(7-5-13)18(25)22-19-20-10-15-11-23(17(24)12-26-2)9-8-16(15)21-19/h4-7,10H,3,8-9,11-12H2,1-2H3,(H,20,21,22,25). The molecule has 3 rings (SSSR count). The highest BCUT2D eigenvalue weighted by molar-refractivity contribution is 6.03. The summed E-state index contributed by atoms with van der Waals surface area (Å²) in [5.74, 6) is -0.00338. The number of nitrogens with zero attached hydrogens (tertiary/aromatic N) is 3. The molecular weight excluding hydrogens is 332 g/mol. The molecule has 1 aliphatic heterocycles. The molecule has 136 valence electrons. The molecule has 0 saturated heterocycles. The zero-order valence-corrected chi connectivity index (χ0v) is 15.0. The quantitative estimate of drug-likeness (QED) is 0.885. The fourth-order valence-corrected chi connectivity index (χ4v) is 2.87. The molecule has 7 heteroatoms. The molecule has 0 radical (unpaired) electrons. The van der Waals surface area contributed by atoms with Gasteiger partial charge in [-0.1, -0.05) is 19.1 Å². The minimum atomic E-state index is -0.236. The van der Waals surface area contributed by atoms with Gasteiger partial charge in [0.1, 0.15) is 6.61 Å². The molecule has 0 unspecified atom stereocenters. The Morgan fingerprint density at radius 3 is 2.73 bits per heavy atom. The number of carbonyl (C=O) groups is 2. The van der Waals surface area contributed by atoms with Crippen LogP contribution in [0.2, 0.25) is 0 Å². The van der Waals surface area contributed by atoms with Crippen LogP contribution in [0.3, 0.4) is 0 Å². The van der Waals surface area contributed by atoms with Gasteiger partial charge in [-0.3, -0.25) is 14.9 Å². The van der Waals surface area contributed by atoms with E-state index in [1.807, 2.05) is 12.1 Å². The Balaban J connectivity index is 1.67. The predicted octanol–water partition coefficient (Wildman–Crippen LogP) is 1.82. The van der Waals surface area contributed by atoms with Crippen molar-refractivity contribution in [1.82, 2.24) is 14.9 Å². The van der Waals surface area contributed by atoms with Crippen molar-refractivity contribution in [2.45, 2.75) is 26.3 Å². The molecule has 0 bridgehead atoms. The lowest BCUT2D eigenvalue weighted by Gasteiger charge is -2.27.